The molecule has 2 aliphatic rings. The Morgan fingerprint density at radius 2 is 1.74 bits per heavy atom. The van der Waals surface area contributed by atoms with Crippen LogP contribution in [0.25, 0.3) is 0 Å². The van der Waals surface area contributed by atoms with Gasteiger partial charge in [0.2, 0.25) is 0 Å². The molecular formula is C23H20ClF3N2O4S. The average molecular weight is 513 g/mol. The number of nitrogens with zero attached hydrogens (tertiary/aromatic N) is 1. The van der Waals surface area contributed by atoms with Crippen LogP contribution >= 0.6 is 11.6 Å². The van der Waals surface area contributed by atoms with Crippen molar-refractivity contribution in [3.8, 4) is 6.07 Å². The topological polar surface area (TPSA) is 107 Å². The van der Waals surface area contributed by atoms with Crippen LogP contribution < -0.4 is 5.32 Å². The number of benzene rings is 2. The molecule has 4 rings (SSSR count). The van der Waals surface area contributed by atoms with Crippen LogP contribution in [0.2, 0.25) is 5.02 Å². The van der Waals surface area contributed by atoms with Gasteiger partial charge in [0.1, 0.15) is 0 Å². The highest BCUT2D eigenvalue weighted by Gasteiger charge is 2.54. The maximum atomic E-state index is 13.6. The third kappa shape index (κ3) is 4.40. The zero-order chi connectivity index (χ0) is 24.8. The lowest BCUT2D eigenvalue weighted by molar-refractivity contribution is -0.0147. The summed E-state index contributed by atoms with van der Waals surface area (Å²) in [7, 11) is -4.02. The van der Waals surface area contributed by atoms with Gasteiger partial charge in [-0.2, -0.15) is 5.26 Å². The van der Waals surface area contributed by atoms with E-state index in [2.05, 4.69) is 5.32 Å². The van der Waals surface area contributed by atoms with Gasteiger partial charge in [-0.1, -0.05) is 11.6 Å². The van der Waals surface area contributed by atoms with Gasteiger partial charge in [0.15, 0.2) is 27.3 Å². The van der Waals surface area contributed by atoms with Gasteiger partial charge >= 0.3 is 0 Å². The second kappa shape index (κ2) is 8.87. The number of halogens is 4. The molecule has 2 atom stereocenters. The SMILES string of the molecule is N#CC[C@]1(O)CC2CCC(C1)[C@H]2S(=O)(=O)c1cc(C(=O)Nc2cc(F)c(F)c(F)c2)ccc1Cl. The molecular weight excluding hydrogens is 493 g/mol. The first-order valence-corrected chi connectivity index (χ1v) is 12.5. The zero-order valence-corrected chi connectivity index (χ0v) is 19.3. The summed E-state index contributed by atoms with van der Waals surface area (Å²) in [6.45, 7) is 0. The van der Waals surface area contributed by atoms with Crippen LogP contribution in [-0.2, 0) is 9.84 Å². The van der Waals surface area contributed by atoms with Crippen molar-refractivity contribution >= 4 is 33.0 Å². The number of fused-ring (bicyclic) bond motifs is 2. The van der Waals surface area contributed by atoms with Gasteiger partial charge in [0.05, 0.1) is 33.3 Å². The smallest absolute Gasteiger partial charge is 0.255 e. The normalized spacial score (nSPS) is 26.2. The number of nitriles is 1. The Morgan fingerprint density at radius 3 is 2.29 bits per heavy atom. The Balaban J connectivity index is 1.62. The van der Waals surface area contributed by atoms with E-state index in [0.29, 0.717) is 25.0 Å². The van der Waals surface area contributed by atoms with Crippen molar-refractivity contribution < 1.29 is 31.5 Å². The first-order chi connectivity index (χ1) is 15.9. The number of carbonyl (C=O) groups is 1. The number of sulfone groups is 1. The van der Waals surface area contributed by atoms with Crippen LogP contribution in [0.5, 0.6) is 0 Å². The maximum absolute atomic E-state index is 13.6. The molecule has 2 aromatic rings. The molecule has 2 N–H and O–H groups in total. The molecule has 1 amide bonds. The van der Waals surface area contributed by atoms with Crippen molar-refractivity contribution in [3.05, 3.63) is 58.4 Å². The van der Waals surface area contributed by atoms with Gasteiger partial charge in [-0.05, 0) is 55.7 Å². The lowest BCUT2D eigenvalue weighted by atomic mass is 9.76. The highest BCUT2D eigenvalue weighted by molar-refractivity contribution is 7.92. The number of nitrogens with one attached hydrogen (secondary N) is 1. The van der Waals surface area contributed by atoms with Crippen molar-refractivity contribution in [2.24, 2.45) is 11.8 Å². The third-order valence-corrected chi connectivity index (χ3v) is 9.51. The Morgan fingerprint density at radius 1 is 1.15 bits per heavy atom. The van der Waals surface area contributed by atoms with Crippen LogP contribution in [0.15, 0.2) is 35.2 Å². The summed E-state index contributed by atoms with van der Waals surface area (Å²) < 4.78 is 67.3. The molecule has 2 saturated carbocycles. The molecule has 11 heteroatoms. The van der Waals surface area contributed by atoms with Crippen LogP contribution in [0.1, 0.15) is 42.5 Å². The summed E-state index contributed by atoms with van der Waals surface area (Å²) in [6, 6.07) is 6.76. The van der Waals surface area contributed by atoms with E-state index in [1.807, 2.05) is 6.07 Å². The van der Waals surface area contributed by atoms with Gasteiger partial charge in [-0.25, -0.2) is 21.6 Å². The maximum Gasteiger partial charge on any atom is 0.255 e. The van der Waals surface area contributed by atoms with E-state index in [1.165, 1.54) is 12.1 Å². The summed E-state index contributed by atoms with van der Waals surface area (Å²) in [5.41, 5.74) is -1.70. The first-order valence-electron chi connectivity index (χ1n) is 10.5. The lowest BCUT2D eigenvalue weighted by Crippen LogP contribution is -2.46. The van der Waals surface area contributed by atoms with Crippen LogP contribution in [0, 0.1) is 40.6 Å². The van der Waals surface area contributed by atoms with E-state index in [1.54, 1.807) is 0 Å². The Labute approximate surface area is 199 Å². The highest BCUT2D eigenvalue weighted by Crippen LogP contribution is 2.52. The molecule has 2 fully saturated rings. The Hall–Kier alpha value is -2.61. The minimum atomic E-state index is -4.02. The summed E-state index contributed by atoms with van der Waals surface area (Å²) in [5.74, 6) is -6.24. The molecule has 180 valence electrons. The van der Waals surface area contributed by atoms with Crippen molar-refractivity contribution in [1.82, 2.24) is 0 Å². The van der Waals surface area contributed by atoms with Gasteiger partial charge in [-0.3, -0.25) is 4.79 Å². The molecule has 6 nitrogen and oxygen atoms in total. The van der Waals surface area contributed by atoms with Crippen molar-refractivity contribution in [1.29, 1.82) is 5.26 Å². The number of aliphatic hydroxyl groups is 1. The van der Waals surface area contributed by atoms with Crippen molar-refractivity contribution in [2.45, 2.75) is 47.9 Å². The molecule has 2 unspecified atom stereocenters. The number of rotatable bonds is 5. The molecule has 0 spiro atoms. The summed E-state index contributed by atoms with van der Waals surface area (Å²) in [6.07, 6.45) is 1.46. The molecule has 0 aromatic heterocycles. The van der Waals surface area contributed by atoms with E-state index in [4.69, 9.17) is 16.9 Å². The molecule has 0 radical (unpaired) electrons. The summed E-state index contributed by atoms with van der Waals surface area (Å²) >= 11 is 6.20. The molecule has 0 heterocycles. The van der Waals surface area contributed by atoms with Crippen molar-refractivity contribution in [3.63, 3.8) is 0 Å². The fourth-order valence-electron chi connectivity index (χ4n) is 5.28. The molecule has 34 heavy (non-hydrogen) atoms. The zero-order valence-electron chi connectivity index (χ0n) is 17.7. The summed E-state index contributed by atoms with van der Waals surface area (Å²) in [5, 5.41) is 21.0. The average Bonchev–Trinajstić information content (AvgIpc) is 3.05. The quantitative estimate of drug-likeness (QED) is 0.569. The van der Waals surface area contributed by atoms with Gasteiger partial charge in [-0.15, -0.1) is 0 Å². The summed E-state index contributed by atoms with van der Waals surface area (Å²) in [4.78, 5) is 12.4. The Bertz CT molecular complexity index is 1270. The number of anilines is 1. The number of hydrogen-bond acceptors (Lipinski definition) is 5. The minimum Gasteiger partial charge on any atom is -0.389 e. The van der Waals surface area contributed by atoms with E-state index in [0.717, 1.165) is 6.07 Å². The molecule has 2 bridgehead atoms. The van der Waals surface area contributed by atoms with Gasteiger partial charge in [0.25, 0.3) is 5.91 Å². The standard InChI is InChI=1S/C23H20ClF3N2O4S/c24-16-4-3-12(22(30)29-15-8-17(25)20(27)18(26)9-15)7-19(16)34(32,33)21-13-1-2-14(21)11-23(31,10-13)5-6-28/h3-4,7-9,13-14,21,31H,1-2,5,10-11H2,(H,29,30)/t13?,14?,21-,23-. The lowest BCUT2D eigenvalue weighted by Gasteiger charge is -2.39. The molecule has 2 aliphatic carbocycles. The molecule has 0 aliphatic heterocycles. The predicted octanol–water partition coefficient (Wildman–Crippen LogP) is 4.62. The minimum absolute atomic E-state index is 0.0756. The van der Waals surface area contributed by atoms with Crippen LogP contribution in [0.3, 0.4) is 0 Å². The highest BCUT2D eigenvalue weighted by atomic mass is 35.5. The Kier molecular flexibility index (Phi) is 6.40. The fraction of sp³-hybridized carbons (Fsp3) is 0.391. The number of carbonyl (C=O) groups excluding carboxylic acids is 1. The molecule has 0 saturated heterocycles. The van der Waals surface area contributed by atoms with E-state index >= 15 is 0 Å². The van der Waals surface area contributed by atoms with Crippen molar-refractivity contribution in [2.75, 3.05) is 5.32 Å². The van der Waals surface area contributed by atoms with E-state index in [-0.39, 0.29) is 52.3 Å². The monoisotopic (exact) mass is 512 g/mol. The van der Waals surface area contributed by atoms with Gasteiger partial charge in [0, 0.05) is 23.4 Å². The molecule has 2 aromatic carbocycles. The number of amides is 1. The number of hydrogen-bond donors (Lipinski definition) is 2. The largest absolute Gasteiger partial charge is 0.389 e. The van der Waals surface area contributed by atoms with E-state index in [9.17, 15) is 31.5 Å². The second-order valence-corrected chi connectivity index (χ2v) is 11.4. The van der Waals surface area contributed by atoms with Crippen LogP contribution in [0.4, 0.5) is 18.9 Å². The fourth-order valence-corrected chi connectivity index (χ4v) is 8.12. The predicted molar refractivity (Wildman–Crippen MR) is 117 cm³/mol. The van der Waals surface area contributed by atoms with Gasteiger partial charge < -0.3 is 10.4 Å². The van der Waals surface area contributed by atoms with Crippen LogP contribution in [-0.4, -0.2) is 30.3 Å². The first kappa shape index (κ1) is 24.5. The third-order valence-electron chi connectivity index (χ3n) is 6.63. The van der Waals surface area contributed by atoms with E-state index < -0.39 is 44.0 Å². The second-order valence-electron chi connectivity index (χ2n) is 8.93.